The molecular formula is C10H13ClN4O4S. The zero-order valence-corrected chi connectivity index (χ0v) is 12.2. The fraction of sp³-hybridized carbons (Fsp3) is 0.500. The van der Waals surface area contributed by atoms with Gasteiger partial charge in [0.1, 0.15) is 15.4 Å². The summed E-state index contributed by atoms with van der Waals surface area (Å²) in [5.74, 6) is -0.0371. The summed E-state index contributed by atoms with van der Waals surface area (Å²) in [5, 5.41) is 4.03. The molecule has 1 N–H and O–H groups in total. The van der Waals surface area contributed by atoms with E-state index in [9.17, 15) is 13.2 Å². The predicted octanol–water partition coefficient (Wildman–Crippen LogP) is -0.166. The fourth-order valence-electron chi connectivity index (χ4n) is 1.61. The predicted molar refractivity (Wildman–Crippen MR) is 73.7 cm³/mol. The van der Waals surface area contributed by atoms with Crippen molar-refractivity contribution in [3.63, 3.8) is 0 Å². The molecule has 0 amide bonds. The molecule has 20 heavy (non-hydrogen) atoms. The molecule has 0 spiro atoms. The summed E-state index contributed by atoms with van der Waals surface area (Å²) in [7, 11) is -3.03. The molecule has 0 radical (unpaired) electrons. The lowest BCUT2D eigenvalue weighted by Crippen LogP contribution is -2.17. The molecule has 0 aromatic carbocycles. The number of halogens is 1. The molecule has 0 saturated carbocycles. The molecule has 0 bridgehead atoms. The molecule has 0 fully saturated rings. The van der Waals surface area contributed by atoms with Crippen LogP contribution in [0.25, 0.3) is 11.0 Å². The van der Waals surface area contributed by atoms with E-state index < -0.39 is 9.84 Å². The molecule has 2 aromatic heterocycles. The van der Waals surface area contributed by atoms with Gasteiger partial charge in [0.15, 0.2) is 5.52 Å². The first-order chi connectivity index (χ1) is 9.37. The highest BCUT2D eigenvalue weighted by molar-refractivity contribution is 7.90. The van der Waals surface area contributed by atoms with E-state index in [0.717, 1.165) is 6.26 Å². The SMILES string of the molecule is CS(=O)(=O)CCOCCn1ncc2nc(Cl)[nH]c(=O)c21. The van der Waals surface area contributed by atoms with Gasteiger partial charge in [-0.05, 0) is 11.6 Å². The number of H-pyrrole nitrogens is 1. The minimum absolute atomic E-state index is 0.00597. The fourth-order valence-corrected chi connectivity index (χ4v) is 2.21. The Bertz CT molecular complexity index is 767. The Morgan fingerprint density at radius 2 is 2.20 bits per heavy atom. The van der Waals surface area contributed by atoms with Crippen LogP contribution in [0.2, 0.25) is 5.28 Å². The van der Waals surface area contributed by atoms with Crippen molar-refractivity contribution in [2.75, 3.05) is 25.2 Å². The van der Waals surface area contributed by atoms with Crippen LogP contribution in [0.5, 0.6) is 0 Å². The standard InChI is InChI=1S/C10H13ClN4O4S/c1-20(17,18)5-4-19-3-2-15-8-7(6-12-15)13-10(11)14-9(8)16/h6H,2-5H2,1H3,(H,13,14,16). The molecule has 0 saturated heterocycles. The lowest BCUT2D eigenvalue weighted by Gasteiger charge is -2.04. The zero-order chi connectivity index (χ0) is 14.8. The van der Waals surface area contributed by atoms with Crippen LogP contribution in [0.1, 0.15) is 0 Å². The summed E-state index contributed by atoms with van der Waals surface area (Å²) in [4.78, 5) is 18.1. The number of ether oxygens (including phenoxy) is 1. The number of hydrogen-bond donors (Lipinski definition) is 1. The third-order valence-corrected chi connectivity index (χ3v) is 3.60. The number of hydrogen-bond acceptors (Lipinski definition) is 6. The van der Waals surface area contributed by atoms with E-state index in [1.165, 1.54) is 10.9 Å². The first kappa shape index (κ1) is 14.9. The molecule has 8 nitrogen and oxygen atoms in total. The van der Waals surface area contributed by atoms with Crippen molar-refractivity contribution < 1.29 is 13.2 Å². The highest BCUT2D eigenvalue weighted by Crippen LogP contribution is 2.08. The Labute approximate surface area is 119 Å². The summed E-state index contributed by atoms with van der Waals surface area (Å²) in [6.07, 6.45) is 2.58. The number of rotatable bonds is 6. The average Bonchev–Trinajstić information content (AvgIpc) is 2.70. The van der Waals surface area contributed by atoms with E-state index in [-0.39, 0.29) is 29.8 Å². The van der Waals surface area contributed by atoms with E-state index in [1.807, 2.05) is 0 Å². The molecule has 2 aromatic rings. The summed E-state index contributed by atoms with van der Waals surface area (Å²) in [5.41, 5.74) is 0.324. The van der Waals surface area contributed by atoms with Gasteiger partial charge in [0, 0.05) is 6.26 Å². The van der Waals surface area contributed by atoms with Crippen LogP contribution in [0, 0.1) is 0 Å². The Morgan fingerprint density at radius 1 is 1.45 bits per heavy atom. The van der Waals surface area contributed by atoms with Crippen molar-refractivity contribution >= 4 is 32.5 Å². The lowest BCUT2D eigenvalue weighted by molar-refractivity contribution is 0.138. The van der Waals surface area contributed by atoms with E-state index in [2.05, 4.69) is 15.1 Å². The minimum Gasteiger partial charge on any atom is -0.378 e. The molecule has 0 atom stereocenters. The monoisotopic (exact) mass is 320 g/mol. The van der Waals surface area contributed by atoms with Gasteiger partial charge in [-0.3, -0.25) is 14.5 Å². The van der Waals surface area contributed by atoms with E-state index in [0.29, 0.717) is 17.6 Å². The van der Waals surface area contributed by atoms with Crippen LogP contribution < -0.4 is 5.56 Å². The minimum atomic E-state index is -3.03. The van der Waals surface area contributed by atoms with Crippen molar-refractivity contribution in [1.82, 2.24) is 19.7 Å². The molecular weight excluding hydrogens is 308 g/mol. The lowest BCUT2D eigenvalue weighted by atomic mass is 10.4. The highest BCUT2D eigenvalue weighted by atomic mass is 35.5. The van der Waals surface area contributed by atoms with Crippen LogP contribution in [0.15, 0.2) is 11.0 Å². The molecule has 2 heterocycles. The maximum atomic E-state index is 11.7. The molecule has 0 aliphatic carbocycles. The first-order valence-electron chi connectivity index (χ1n) is 5.73. The summed E-state index contributed by atoms with van der Waals surface area (Å²) in [6, 6.07) is 0. The Hall–Kier alpha value is -1.45. The second-order valence-electron chi connectivity index (χ2n) is 4.20. The van der Waals surface area contributed by atoms with Crippen molar-refractivity contribution in [3.8, 4) is 0 Å². The smallest absolute Gasteiger partial charge is 0.278 e. The highest BCUT2D eigenvalue weighted by Gasteiger charge is 2.09. The van der Waals surface area contributed by atoms with Gasteiger partial charge < -0.3 is 4.74 Å². The quantitative estimate of drug-likeness (QED) is 0.585. The Kier molecular flexibility index (Phi) is 4.41. The number of aromatic nitrogens is 4. The largest absolute Gasteiger partial charge is 0.378 e. The summed E-state index contributed by atoms with van der Waals surface area (Å²) in [6.45, 7) is 0.673. The second-order valence-corrected chi connectivity index (χ2v) is 6.82. The zero-order valence-electron chi connectivity index (χ0n) is 10.7. The number of nitrogens with one attached hydrogen (secondary N) is 1. The average molecular weight is 321 g/mol. The Balaban J connectivity index is 1.99. The van der Waals surface area contributed by atoms with Gasteiger partial charge in [0.05, 0.1) is 31.7 Å². The van der Waals surface area contributed by atoms with Gasteiger partial charge in [-0.15, -0.1) is 0 Å². The normalized spacial score (nSPS) is 12.1. The van der Waals surface area contributed by atoms with Crippen molar-refractivity contribution in [1.29, 1.82) is 0 Å². The van der Waals surface area contributed by atoms with Gasteiger partial charge in [0.25, 0.3) is 5.56 Å². The van der Waals surface area contributed by atoms with Gasteiger partial charge >= 0.3 is 0 Å². The second kappa shape index (κ2) is 5.90. The number of fused-ring (bicyclic) bond motifs is 1. The molecule has 2 rings (SSSR count). The number of sulfone groups is 1. The van der Waals surface area contributed by atoms with E-state index in [4.69, 9.17) is 16.3 Å². The number of aromatic amines is 1. The van der Waals surface area contributed by atoms with Gasteiger partial charge in [-0.25, -0.2) is 13.4 Å². The van der Waals surface area contributed by atoms with Gasteiger partial charge in [0.2, 0.25) is 5.28 Å². The van der Waals surface area contributed by atoms with Gasteiger partial charge in [-0.2, -0.15) is 5.10 Å². The molecule has 0 aliphatic rings. The van der Waals surface area contributed by atoms with E-state index >= 15 is 0 Å². The Morgan fingerprint density at radius 3 is 2.90 bits per heavy atom. The van der Waals surface area contributed by atoms with Crippen LogP contribution >= 0.6 is 11.6 Å². The van der Waals surface area contributed by atoms with Gasteiger partial charge in [-0.1, -0.05) is 0 Å². The molecule has 0 aliphatic heterocycles. The third kappa shape index (κ3) is 3.78. The topological polar surface area (TPSA) is 107 Å². The van der Waals surface area contributed by atoms with Crippen LogP contribution in [0.3, 0.4) is 0 Å². The van der Waals surface area contributed by atoms with E-state index in [1.54, 1.807) is 0 Å². The van der Waals surface area contributed by atoms with Crippen LogP contribution in [-0.4, -0.2) is 53.4 Å². The summed E-state index contributed by atoms with van der Waals surface area (Å²) < 4.78 is 28.5. The maximum Gasteiger partial charge on any atom is 0.278 e. The van der Waals surface area contributed by atoms with Crippen LogP contribution in [-0.2, 0) is 21.1 Å². The first-order valence-corrected chi connectivity index (χ1v) is 8.17. The molecule has 10 heteroatoms. The van der Waals surface area contributed by atoms with Crippen molar-refractivity contribution in [2.45, 2.75) is 6.54 Å². The van der Waals surface area contributed by atoms with Crippen LogP contribution in [0.4, 0.5) is 0 Å². The molecule has 110 valence electrons. The number of nitrogens with zero attached hydrogens (tertiary/aromatic N) is 3. The maximum absolute atomic E-state index is 11.7. The molecule has 0 unspecified atom stereocenters. The van der Waals surface area contributed by atoms with Crippen molar-refractivity contribution in [3.05, 3.63) is 21.8 Å². The van der Waals surface area contributed by atoms with Crippen molar-refractivity contribution in [2.24, 2.45) is 0 Å². The third-order valence-electron chi connectivity index (χ3n) is 2.52. The summed E-state index contributed by atoms with van der Waals surface area (Å²) >= 11 is 5.64.